The van der Waals surface area contributed by atoms with Crippen LogP contribution in [0.4, 0.5) is 17.1 Å². The number of methoxy groups -OCH3 is 1. The second kappa shape index (κ2) is 6.70. The van der Waals surface area contributed by atoms with Crippen LogP contribution >= 0.6 is 0 Å². The first-order chi connectivity index (χ1) is 13.3. The average Bonchev–Trinajstić information content (AvgIpc) is 3.51. The van der Waals surface area contributed by atoms with Gasteiger partial charge in [0.25, 0.3) is 10.0 Å². The monoisotopic (exact) mass is 401 g/mol. The van der Waals surface area contributed by atoms with E-state index in [1.54, 1.807) is 36.2 Å². The molecule has 2 aromatic carbocycles. The first kappa shape index (κ1) is 18.6. The van der Waals surface area contributed by atoms with E-state index in [-0.39, 0.29) is 16.8 Å². The summed E-state index contributed by atoms with van der Waals surface area (Å²) in [6.07, 6.45) is 2.09. The molecule has 8 heteroatoms. The number of sulfonamides is 1. The summed E-state index contributed by atoms with van der Waals surface area (Å²) in [5, 5.41) is 0. The van der Waals surface area contributed by atoms with Gasteiger partial charge in [-0.05, 0) is 62.2 Å². The number of nitrogens with zero attached hydrogens (tertiary/aromatic N) is 2. The van der Waals surface area contributed by atoms with Gasteiger partial charge in [-0.1, -0.05) is 0 Å². The number of carbonyl (C=O) groups is 1. The van der Waals surface area contributed by atoms with Gasteiger partial charge in [-0.15, -0.1) is 0 Å². The summed E-state index contributed by atoms with van der Waals surface area (Å²) in [4.78, 5) is 16.5. The molecule has 0 bridgehead atoms. The van der Waals surface area contributed by atoms with Crippen molar-refractivity contribution in [3.05, 3.63) is 42.5 Å². The quantitative estimate of drug-likeness (QED) is 0.834. The summed E-state index contributed by atoms with van der Waals surface area (Å²) in [5.41, 5.74) is 2.14. The zero-order valence-corrected chi connectivity index (χ0v) is 16.9. The molecule has 1 aliphatic carbocycles. The molecule has 4 rings (SSSR count). The van der Waals surface area contributed by atoms with Gasteiger partial charge < -0.3 is 14.5 Å². The Kier molecular flexibility index (Phi) is 4.45. The van der Waals surface area contributed by atoms with Gasteiger partial charge in [-0.3, -0.25) is 9.52 Å². The largest absolute Gasteiger partial charge is 0.497 e. The van der Waals surface area contributed by atoms with Gasteiger partial charge in [0.05, 0.1) is 29.1 Å². The maximum Gasteiger partial charge on any atom is 0.261 e. The molecular formula is C20H23N3O4S. The highest BCUT2D eigenvalue weighted by Crippen LogP contribution is 2.43. The van der Waals surface area contributed by atoms with Crippen molar-refractivity contribution in [1.29, 1.82) is 0 Å². The van der Waals surface area contributed by atoms with Crippen LogP contribution in [0.25, 0.3) is 0 Å². The van der Waals surface area contributed by atoms with Crippen molar-refractivity contribution in [1.82, 2.24) is 0 Å². The van der Waals surface area contributed by atoms with Crippen LogP contribution in [0.2, 0.25) is 0 Å². The molecule has 2 aromatic rings. The van der Waals surface area contributed by atoms with E-state index in [2.05, 4.69) is 9.62 Å². The summed E-state index contributed by atoms with van der Waals surface area (Å²) in [6.45, 7) is 1.90. The Balaban J connectivity index is 1.67. The normalized spacial score (nSPS) is 19.4. The molecule has 1 heterocycles. The zero-order valence-electron chi connectivity index (χ0n) is 16.0. The van der Waals surface area contributed by atoms with Crippen LogP contribution in [0.15, 0.2) is 47.4 Å². The number of carbonyl (C=O) groups excluding carboxylic acids is 1. The Hall–Kier alpha value is -2.74. The predicted molar refractivity (Wildman–Crippen MR) is 109 cm³/mol. The Morgan fingerprint density at radius 3 is 2.36 bits per heavy atom. The molecule has 0 spiro atoms. The maximum atomic E-state index is 12.7. The summed E-state index contributed by atoms with van der Waals surface area (Å²) in [5.74, 6) is 0.639. The highest BCUT2D eigenvalue weighted by molar-refractivity contribution is 7.92. The number of amides is 1. The molecular weight excluding hydrogens is 378 g/mol. The summed E-state index contributed by atoms with van der Waals surface area (Å²) in [6, 6.07) is 11.6. The van der Waals surface area contributed by atoms with Crippen LogP contribution < -0.4 is 19.3 Å². The predicted octanol–water partition coefficient (Wildman–Crippen LogP) is 2.83. The Labute approximate surface area is 165 Å². The number of rotatable bonds is 5. The molecule has 1 fully saturated rings. The number of fused-ring (bicyclic) bond motifs is 1. The minimum Gasteiger partial charge on any atom is -0.497 e. The van der Waals surface area contributed by atoms with E-state index in [4.69, 9.17) is 4.74 Å². The first-order valence-corrected chi connectivity index (χ1v) is 10.7. The molecule has 1 unspecified atom stereocenters. The van der Waals surface area contributed by atoms with E-state index in [1.807, 2.05) is 13.0 Å². The Morgan fingerprint density at radius 1 is 1.07 bits per heavy atom. The SMILES string of the molecule is COc1ccc(S(=O)(=O)Nc2ccc3c(c2)N(C2CC2)C(C)C(=O)N3C)cc1. The van der Waals surface area contributed by atoms with Gasteiger partial charge in [0.1, 0.15) is 11.8 Å². The number of hydrogen-bond acceptors (Lipinski definition) is 5. The van der Waals surface area contributed by atoms with Gasteiger partial charge in [0.2, 0.25) is 5.91 Å². The second-order valence-corrected chi connectivity index (χ2v) is 8.88. The first-order valence-electron chi connectivity index (χ1n) is 9.18. The lowest BCUT2D eigenvalue weighted by Gasteiger charge is -2.40. The summed E-state index contributed by atoms with van der Waals surface area (Å²) in [7, 11) is -0.445. The summed E-state index contributed by atoms with van der Waals surface area (Å²) < 4.78 is 33.2. The van der Waals surface area contributed by atoms with Gasteiger partial charge in [-0.25, -0.2) is 8.42 Å². The van der Waals surface area contributed by atoms with Crippen LogP contribution in [0, 0.1) is 0 Å². The average molecular weight is 401 g/mol. The molecule has 1 saturated carbocycles. The number of likely N-dealkylation sites (N-methyl/N-ethyl adjacent to an activating group) is 1. The topological polar surface area (TPSA) is 79.0 Å². The van der Waals surface area contributed by atoms with Crippen molar-refractivity contribution < 1.29 is 17.9 Å². The summed E-state index contributed by atoms with van der Waals surface area (Å²) >= 11 is 0. The molecule has 1 atom stereocenters. The van der Waals surface area contributed by atoms with Crippen molar-refractivity contribution in [2.24, 2.45) is 0 Å². The Morgan fingerprint density at radius 2 is 1.75 bits per heavy atom. The molecule has 1 amide bonds. The zero-order chi connectivity index (χ0) is 20.1. The number of nitrogens with one attached hydrogen (secondary N) is 1. The van der Waals surface area contributed by atoms with Crippen LogP contribution in [0.5, 0.6) is 5.75 Å². The van der Waals surface area contributed by atoms with E-state index < -0.39 is 10.0 Å². The van der Waals surface area contributed by atoms with Gasteiger partial charge in [0, 0.05) is 13.1 Å². The molecule has 1 N–H and O–H groups in total. The van der Waals surface area contributed by atoms with Gasteiger partial charge in [0.15, 0.2) is 0 Å². The van der Waals surface area contributed by atoms with E-state index in [9.17, 15) is 13.2 Å². The van der Waals surface area contributed by atoms with Crippen LogP contribution in [0.1, 0.15) is 19.8 Å². The van der Waals surface area contributed by atoms with Crippen molar-refractivity contribution in [2.75, 3.05) is 28.7 Å². The number of anilines is 3. The fraction of sp³-hybridized carbons (Fsp3) is 0.350. The van der Waals surface area contributed by atoms with Gasteiger partial charge in [-0.2, -0.15) is 0 Å². The van der Waals surface area contributed by atoms with E-state index in [1.165, 1.54) is 19.2 Å². The molecule has 148 valence electrons. The fourth-order valence-corrected chi connectivity index (χ4v) is 4.69. The molecule has 0 aromatic heterocycles. The van der Waals surface area contributed by atoms with E-state index >= 15 is 0 Å². The Bertz CT molecular complexity index is 1020. The maximum absolute atomic E-state index is 12.7. The van der Waals surface area contributed by atoms with E-state index in [0.29, 0.717) is 17.5 Å². The fourth-order valence-electron chi connectivity index (χ4n) is 3.64. The van der Waals surface area contributed by atoms with Crippen molar-refractivity contribution in [3.8, 4) is 5.75 Å². The molecule has 2 aliphatic rings. The third-order valence-corrected chi connectivity index (χ3v) is 6.68. The standard InChI is InChI=1S/C20H23N3O4S/c1-13-20(24)22(2)18-11-4-14(12-19(18)23(13)15-5-6-15)21-28(25,26)17-9-7-16(27-3)8-10-17/h4,7-13,15,21H,5-6H2,1-3H3. The number of benzene rings is 2. The van der Waals surface area contributed by atoms with Crippen LogP contribution in [0.3, 0.4) is 0 Å². The lowest BCUT2D eigenvalue weighted by atomic mass is 10.1. The lowest BCUT2D eigenvalue weighted by molar-refractivity contribution is -0.119. The van der Waals surface area contributed by atoms with Gasteiger partial charge >= 0.3 is 0 Å². The second-order valence-electron chi connectivity index (χ2n) is 7.20. The third kappa shape index (κ3) is 3.17. The molecule has 1 aliphatic heterocycles. The minimum absolute atomic E-state index is 0.0472. The molecule has 0 saturated heterocycles. The van der Waals surface area contributed by atoms with Crippen LogP contribution in [-0.2, 0) is 14.8 Å². The molecule has 0 radical (unpaired) electrons. The van der Waals surface area contributed by atoms with E-state index in [0.717, 1.165) is 24.2 Å². The smallest absolute Gasteiger partial charge is 0.261 e. The lowest BCUT2D eigenvalue weighted by Crippen LogP contribution is -2.51. The van der Waals surface area contributed by atoms with Crippen LogP contribution in [-0.4, -0.2) is 40.6 Å². The van der Waals surface area contributed by atoms with Crippen molar-refractivity contribution >= 4 is 33.0 Å². The highest BCUT2D eigenvalue weighted by atomic mass is 32.2. The van der Waals surface area contributed by atoms with Crippen molar-refractivity contribution in [2.45, 2.75) is 36.7 Å². The number of hydrogen-bond donors (Lipinski definition) is 1. The van der Waals surface area contributed by atoms with Crippen molar-refractivity contribution in [3.63, 3.8) is 0 Å². The molecule has 7 nitrogen and oxygen atoms in total. The number of ether oxygens (including phenoxy) is 1. The third-order valence-electron chi connectivity index (χ3n) is 5.28. The highest BCUT2D eigenvalue weighted by Gasteiger charge is 2.41. The molecule has 28 heavy (non-hydrogen) atoms. The minimum atomic E-state index is -3.73.